The maximum Gasteiger partial charge on any atom is 0.194 e. The summed E-state index contributed by atoms with van der Waals surface area (Å²) in [6.45, 7) is 6.65. The Morgan fingerprint density at radius 1 is 1.50 bits per heavy atom. The lowest BCUT2D eigenvalue weighted by Crippen LogP contribution is -2.20. The zero-order valence-electron chi connectivity index (χ0n) is 8.35. The second-order valence-electron chi connectivity index (χ2n) is 3.37. The first-order valence-corrected chi connectivity index (χ1v) is 5.19. The van der Waals surface area contributed by atoms with Crippen molar-refractivity contribution in [1.82, 2.24) is 0 Å². The van der Waals surface area contributed by atoms with Crippen LogP contribution in [0.2, 0.25) is 0 Å². The summed E-state index contributed by atoms with van der Waals surface area (Å²) in [6, 6.07) is 0. The SMILES string of the molecule is CCC(C)(C)C(=O)SCCOC. The van der Waals surface area contributed by atoms with Gasteiger partial charge in [0.2, 0.25) is 0 Å². The number of methoxy groups -OCH3 is 1. The average Bonchev–Trinajstić information content (AvgIpc) is 2.05. The summed E-state index contributed by atoms with van der Waals surface area (Å²) in [5.41, 5.74) is -0.182. The first-order chi connectivity index (χ1) is 5.54. The highest BCUT2D eigenvalue weighted by Gasteiger charge is 2.24. The van der Waals surface area contributed by atoms with Gasteiger partial charge in [-0.1, -0.05) is 32.5 Å². The van der Waals surface area contributed by atoms with Crippen LogP contribution in [-0.2, 0) is 9.53 Å². The standard InChI is InChI=1S/C9H18O2S/c1-5-9(2,3)8(10)12-7-6-11-4/h5-7H2,1-4H3. The highest BCUT2D eigenvalue weighted by molar-refractivity contribution is 8.13. The summed E-state index contributed by atoms with van der Waals surface area (Å²) in [7, 11) is 1.65. The molecule has 0 aliphatic carbocycles. The fourth-order valence-electron chi connectivity index (χ4n) is 0.557. The minimum Gasteiger partial charge on any atom is -0.384 e. The van der Waals surface area contributed by atoms with Crippen molar-refractivity contribution < 1.29 is 9.53 Å². The molecule has 0 aliphatic rings. The molecule has 0 saturated carbocycles. The van der Waals surface area contributed by atoms with Gasteiger partial charge in [-0.2, -0.15) is 0 Å². The fraction of sp³-hybridized carbons (Fsp3) is 0.889. The molecule has 0 atom stereocenters. The van der Waals surface area contributed by atoms with E-state index in [4.69, 9.17) is 4.74 Å². The average molecular weight is 190 g/mol. The van der Waals surface area contributed by atoms with E-state index < -0.39 is 0 Å². The van der Waals surface area contributed by atoms with E-state index in [1.54, 1.807) is 7.11 Å². The number of rotatable bonds is 5. The zero-order chi connectivity index (χ0) is 9.61. The van der Waals surface area contributed by atoms with Gasteiger partial charge < -0.3 is 4.74 Å². The molecule has 0 aliphatic heterocycles. The predicted molar refractivity (Wildman–Crippen MR) is 53.4 cm³/mol. The predicted octanol–water partition coefficient (Wildman–Crippen LogP) is 2.33. The van der Waals surface area contributed by atoms with E-state index in [0.29, 0.717) is 6.61 Å². The molecular weight excluding hydrogens is 172 g/mol. The fourth-order valence-corrected chi connectivity index (χ4v) is 1.53. The summed E-state index contributed by atoms with van der Waals surface area (Å²) in [6.07, 6.45) is 0.895. The summed E-state index contributed by atoms with van der Waals surface area (Å²) in [5, 5.41) is 0.266. The molecule has 0 aromatic carbocycles. The summed E-state index contributed by atoms with van der Waals surface area (Å²) in [4.78, 5) is 11.5. The number of carbonyl (C=O) groups excluding carboxylic acids is 1. The van der Waals surface area contributed by atoms with Crippen LogP contribution in [0.5, 0.6) is 0 Å². The van der Waals surface area contributed by atoms with Crippen molar-refractivity contribution in [2.45, 2.75) is 27.2 Å². The monoisotopic (exact) mass is 190 g/mol. The maximum atomic E-state index is 11.5. The Balaban J connectivity index is 3.72. The number of thioether (sulfide) groups is 1. The van der Waals surface area contributed by atoms with Gasteiger partial charge in [-0.15, -0.1) is 0 Å². The van der Waals surface area contributed by atoms with Crippen molar-refractivity contribution in [3.8, 4) is 0 Å². The van der Waals surface area contributed by atoms with E-state index in [-0.39, 0.29) is 10.5 Å². The molecule has 0 rings (SSSR count). The third-order valence-corrected chi connectivity index (χ3v) is 3.14. The molecule has 0 aromatic heterocycles. The van der Waals surface area contributed by atoms with E-state index in [2.05, 4.69) is 0 Å². The number of carbonyl (C=O) groups is 1. The van der Waals surface area contributed by atoms with Gasteiger partial charge in [0.15, 0.2) is 5.12 Å². The molecule has 0 heterocycles. The molecule has 0 fully saturated rings. The molecule has 72 valence electrons. The minimum absolute atomic E-state index is 0.182. The van der Waals surface area contributed by atoms with Crippen molar-refractivity contribution in [2.24, 2.45) is 5.41 Å². The molecule has 0 bridgehead atoms. The summed E-state index contributed by atoms with van der Waals surface area (Å²) in [5.74, 6) is 0.763. The van der Waals surface area contributed by atoms with Crippen molar-refractivity contribution in [1.29, 1.82) is 0 Å². The Morgan fingerprint density at radius 2 is 2.08 bits per heavy atom. The molecule has 0 unspecified atom stereocenters. The normalized spacial score (nSPS) is 11.7. The molecule has 0 radical (unpaired) electrons. The topological polar surface area (TPSA) is 26.3 Å². The number of hydrogen-bond acceptors (Lipinski definition) is 3. The highest BCUT2D eigenvalue weighted by Crippen LogP contribution is 2.26. The number of ether oxygens (including phenoxy) is 1. The van der Waals surface area contributed by atoms with Crippen molar-refractivity contribution >= 4 is 16.9 Å². The van der Waals surface area contributed by atoms with E-state index in [9.17, 15) is 4.79 Å². The van der Waals surface area contributed by atoms with Gasteiger partial charge in [-0.25, -0.2) is 0 Å². The second-order valence-corrected chi connectivity index (χ2v) is 4.43. The summed E-state index contributed by atoms with van der Waals surface area (Å²) < 4.78 is 4.87. The third kappa shape index (κ3) is 4.12. The lowest BCUT2D eigenvalue weighted by molar-refractivity contribution is -0.118. The molecule has 0 N–H and O–H groups in total. The van der Waals surface area contributed by atoms with Crippen LogP contribution >= 0.6 is 11.8 Å². The molecule has 3 heteroatoms. The molecular formula is C9H18O2S. The largest absolute Gasteiger partial charge is 0.384 e. The van der Waals surface area contributed by atoms with Gasteiger partial charge in [0.1, 0.15) is 0 Å². The van der Waals surface area contributed by atoms with Gasteiger partial charge in [-0.05, 0) is 6.42 Å². The molecule has 0 saturated heterocycles. The lowest BCUT2D eigenvalue weighted by Gasteiger charge is -2.19. The first-order valence-electron chi connectivity index (χ1n) is 4.20. The Hall–Kier alpha value is -0.0200. The van der Waals surface area contributed by atoms with Crippen LogP contribution in [0, 0.1) is 5.41 Å². The van der Waals surface area contributed by atoms with E-state index >= 15 is 0 Å². The van der Waals surface area contributed by atoms with E-state index in [1.165, 1.54) is 11.8 Å². The van der Waals surface area contributed by atoms with Crippen LogP contribution < -0.4 is 0 Å². The van der Waals surface area contributed by atoms with E-state index in [0.717, 1.165) is 12.2 Å². The smallest absolute Gasteiger partial charge is 0.194 e. The first kappa shape index (κ1) is 12.0. The van der Waals surface area contributed by atoms with Gasteiger partial charge in [0.05, 0.1) is 6.61 Å². The lowest BCUT2D eigenvalue weighted by atomic mass is 9.92. The Morgan fingerprint density at radius 3 is 2.50 bits per heavy atom. The van der Waals surface area contributed by atoms with Crippen molar-refractivity contribution in [2.75, 3.05) is 19.5 Å². The number of hydrogen-bond donors (Lipinski definition) is 0. The van der Waals surface area contributed by atoms with Crippen LogP contribution in [0.25, 0.3) is 0 Å². The Labute approximate surface area is 79.1 Å². The van der Waals surface area contributed by atoms with Gasteiger partial charge >= 0.3 is 0 Å². The van der Waals surface area contributed by atoms with Crippen LogP contribution in [0.1, 0.15) is 27.2 Å². The molecule has 2 nitrogen and oxygen atoms in total. The van der Waals surface area contributed by atoms with Crippen LogP contribution in [0.4, 0.5) is 0 Å². The molecule has 0 amide bonds. The minimum atomic E-state index is -0.182. The third-order valence-electron chi connectivity index (χ3n) is 1.96. The van der Waals surface area contributed by atoms with Gasteiger partial charge in [0.25, 0.3) is 0 Å². The second kappa shape index (κ2) is 5.60. The molecule has 0 spiro atoms. The molecule has 12 heavy (non-hydrogen) atoms. The quantitative estimate of drug-likeness (QED) is 0.622. The Bertz CT molecular complexity index is 143. The van der Waals surface area contributed by atoms with Crippen molar-refractivity contribution in [3.05, 3.63) is 0 Å². The Kier molecular flexibility index (Phi) is 5.59. The highest BCUT2D eigenvalue weighted by atomic mass is 32.2. The van der Waals surface area contributed by atoms with Gasteiger partial charge in [-0.3, -0.25) is 4.79 Å². The zero-order valence-corrected chi connectivity index (χ0v) is 9.16. The summed E-state index contributed by atoms with van der Waals surface area (Å²) >= 11 is 1.37. The van der Waals surface area contributed by atoms with Crippen LogP contribution in [0.15, 0.2) is 0 Å². The molecule has 0 aromatic rings. The van der Waals surface area contributed by atoms with Gasteiger partial charge in [0, 0.05) is 18.3 Å². The van der Waals surface area contributed by atoms with E-state index in [1.807, 2.05) is 20.8 Å². The van der Waals surface area contributed by atoms with Crippen LogP contribution in [0.3, 0.4) is 0 Å². The maximum absolute atomic E-state index is 11.5. The van der Waals surface area contributed by atoms with Crippen LogP contribution in [-0.4, -0.2) is 24.6 Å². The van der Waals surface area contributed by atoms with Crippen molar-refractivity contribution in [3.63, 3.8) is 0 Å².